The molecule has 56 valence electrons. The lowest BCUT2D eigenvalue weighted by Gasteiger charge is -2.24. The summed E-state index contributed by atoms with van der Waals surface area (Å²) in [5.41, 5.74) is 0.113. The third kappa shape index (κ3) is 1.29. The molecule has 0 atom stereocenters. The third-order valence-corrected chi connectivity index (χ3v) is 2.18. The molecule has 0 aromatic carbocycles. The van der Waals surface area contributed by atoms with Gasteiger partial charge in [0.05, 0.1) is 0 Å². The number of hydrogen-bond acceptors (Lipinski definition) is 1. The van der Waals surface area contributed by atoms with E-state index in [2.05, 4.69) is 18.7 Å². The average Bonchev–Trinajstić information content (AvgIpc) is 2.39. The van der Waals surface area contributed by atoms with Crippen LogP contribution in [0.5, 0.6) is 0 Å². The lowest BCUT2D eigenvalue weighted by atomic mass is 9.83. The van der Waals surface area contributed by atoms with E-state index in [0.29, 0.717) is 0 Å². The van der Waals surface area contributed by atoms with Crippen molar-refractivity contribution in [2.45, 2.75) is 19.3 Å². The molecule has 0 heterocycles. The third-order valence-electron chi connectivity index (χ3n) is 2.18. The molecule has 0 radical (unpaired) electrons. The Balaban J connectivity index is 2.51. The fourth-order valence-electron chi connectivity index (χ4n) is 1.42. The first kappa shape index (κ1) is 7.55. The van der Waals surface area contributed by atoms with E-state index in [4.69, 9.17) is 5.11 Å². The molecular weight excluding hydrogens is 124 g/mol. The molecule has 1 aliphatic rings. The second-order valence-electron chi connectivity index (χ2n) is 3.03. The Hall–Kier alpha value is -0.560. The van der Waals surface area contributed by atoms with Crippen LogP contribution in [0.1, 0.15) is 19.3 Å². The van der Waals surface area contributed by atoms with Crippen LogP contribution >= 0.6 is 0 Å². The van der Waals surface area contributed by atoms with Crippen molar-refractivity contribution in [3.63, 3.8) is 0 Å². The number of aliphatic hydroxyl groups is 1. The molecule has 1 N–H and O–H groups in total. The van der Waals surface area contributed by atoms with Gasteiger partial charge in [0.2, 0.25) is 0 Å². The van der Waals surface area contributed by atoms with Crippen molar-refractivity contribution < 1.29 is 5.11 Å². The van der Waals surface area contributed by atoms with Gasteiger partial charge in [-0.15, -0.1) is 6.58 Å². The van der Waals surface area contributed by atoms with E-state index in [1.165, 1.54) is 0 Å². The van der Waals surface area contributed by atoms with E-state index < -0.39 is 0 Å². The standard InChI is InChI=1S/C9H14O/c1-2-5-9(8-10)6-3-4-7-9/h2-4,10H,1,5-8H2. The molecule has 0 unspecified atom stereocenters. The minimum absolute atomic E-state index is 0.113. The average molecular weight is 138 g/mol. The van der Waals surface area contributed by atoms with Gasteiger partial charge in [-0.3, -0.25) is 0 Å². The van der Waals surface area contributed by atoms with E-state index in [0.717, 1.165) is 19.3 Å². The first-order valence-electron chi connectivity index (χ1n) is 3.70. The van der Waals surface area contributed by atoms with Gasteiger partial charge in [-0.25, -0.2) is 0 Å². The van der Waals surface area contributed by atoms with Crippen LogP contribution < -0.4 is 0 Å². The molecular formula is C9H14O. The summed E-state index contributed by atoms with van der Waals surface area (Å²) in [6, 6.07) is 0. The quantitative estimate of drug-likeness (QED) is 0.590. The normalized spacial score (nSPS) is 21.3. The zero-order chi connectivity index (χ0) is 7.45. The van der Waals surface area contributed by atoms with Gasteiger partial charge >= 0.3 is 0 Å². The van der Waals surface area contributed by atoms with Crippen LogP contribution in [0, 0.1) is 5.41 Å². The molecule has 10 heavy (non-hydrogen) atoms. The Labute approximate surface area is 62.1 Å². The predicted molar refractivity (Wildman–Crippen MR) is 42.7 cm³/mol. The summed E-state index contributed by atoms with van der Waals surface area (Å²) in [5, 5.41) is 9.06. The highest BCUT2D eigenvalue weighted by atomic mass is 16.3. The molecule has 0 aromatic rings. The molecule has 0 fully saturated rings. The molecule has 1 rings (SSSR count). The van der Waals surface area contributed by atoms with Gasteiger partial charge in [0.25, 0.3) is 0 Å². The largest absolute Gasteiger partial charge is 0.396 e. The summed E-state index contributed by atoms with van der Waals surface area (Å²) < 4.78 is 0. The smallest absolute Gasteiger partial charge is 0.0496 e. The lowest BCUT2D eigenvalue weighted by Crippen LogP contribution is -2.20. The minimum atomic E-state index is 0.113. The molecule has 1 aliphatic carbocycles. The Kier molecular flexibility index (Phi) is 2.28. The second-order valence-corrected chi connectivity index (χ2v) is 3.03. The molecule has 0 amide bonds. The van der Waals surface area contributed by atoms with E-state index in [-0.39, 0.29) is 12.0 Å². The van der Waals surface area contributed by atoms with Gasteiger partial charge in [-0.1, -0.05) is 18.2 Å². The lowest BCUT2D eigenvalue weighted by molar-refractivity contribution is 0.139. The van der Waals surface area contributed by atoms with E-state index in [9.17, 15) is 0 Å². The van der Waals surface area contributed by atoms with Crippen LogP contribution in [-0.2, 0) is 0 Å². The fourth-order valence-corrected chi connectivity index (χ4v) is 1.42. The number of hydrogen-bond donors (Lipinski definition) is 1. The first-order chi connectivity index (χ1) is 4.83. The Morgan fingerprint density at radius 3 is 2.50 bits per heavy atom. The topological polar surface area (TPSA) is 20.2 Å². The van der Waals surface area contributed by atoms with Crippen molar-refractivity contribution in [1.82, 2.24) is 0 Å². The zero-order valence-electron chi connectivity index (χ0n) is 6.21. The molecule has 0 bridgehead atoms. The maximum Gasteiger partial charge on any atom is 0.0496 e. The molecule has 1 nitrogen and oxygen atoms in total. The van der Waals surface area contributed by atoms with Gasteiger partial charge in [0.15, 0.2) is 0 Å². The Morgan fingerprint density at radius 2 is 2.10 bits per heavy atom. The molecule has 0 saturated heterocycles. The van der Waals surface area contributed by atoms with E-state index in [1.807, 2.05) is 6.08 Å². The van der Waals surface area contributed by atoms with Crippen LogP contribution in [0.25, 0.3) is 0 Å². The Morgan fingerprint density at radius 1 is 1.50 bits per heavy atom. The van der Waals surface area contributed by atoms with Crippen LogP contribution in [0.3, 0.4) is 0 Å². The van der Waals surface area contributed by atoms with Gasteiger partial charge in [-0.2, -0.15) is 0 Å². The summed E-state index contributed by atoms with van der Waals surface area (Å²) >= 11 is 0. The van der Waals surface area contributed by atoms with Gasteiger partial charge in [0.1, 0.15) is 0 Å². The van der Waals surface area contributed by atoms with Crippen molar-refractivity contribution in [1.29, 1.82) is 0 Å². The second kappa shape index (κ2) is 3.02. The highest BCUT2D eigenvalue weighted by Crippen LogP contribution is 2.36. The molecule has 0 aromatic heterocycles. The number of allylic oxidation sites excluding steroid dienone is 3. The molecule has 1 heteroatoms. The zero-order valence-corrected chi connectivity index (χ0v) is 6.21. The summed E-state index contributed by atoms with van der Waals surface area (Å²) in [4.78, 5) is 0. The minimum Gasteiger partial charge on any atom is -0.396 e. The monoisotopic (exact) mass is 138 g/mol. The predicted octanol–water partition coefficient (Wildman–Crippen LogP) is 1.89. The maximum atomic E-state index is 9.06. The highest BCUT2D eigenvalue weighted by molar-refractivity contribution is 5.04. The van der Waals surface area contributed by atoms with Crippen LogP contribution in [-0.4, -0.2) is 11.7 Å². The molecule has 0 aliphatic heterocycles. The summed E-state index contributed by atoms with van der Waals surface area (Å²) in [6.07, 6.45) is 9.12. The molecule has 0 spiro atoms. The summed E-state index contributed by atoms with van der Waals surface area (Å²) in [6.45, 7) is 3.96. The molecule has 0 saturated carbocycles. The van der Waals surface area contributed by atoms with Crippen molar-refractivity contribution in [3.8, 4) is 0 Å². The SMILES string of the molecule is C=CCC1(CO)CC=CC1. The number of rotatable bonds is 3. The summed E-state index contributed by atoms with van der Waals surface area (Å²) in [7, 11) is 0. The van der Waals surface area contributed by atoms with Crippen molar-refractivity contribution >= 4 is 0 Å². The van der Waals surface area contributed by atoms with E-state index >= 15 is 0 Å². The highest BCUT2D eigenvalue weighted by Gasteiger charge is 2.28. The first-order valence-corrected chi connectivity index (χ1v) is 3.70. The van der Waals surface area contributed by atoms with E-state index in [1.54, 1.807) is 0 Å². The fraction of sp³-hybridized carbons (Fsp3) is 0.556. The van der Waals surface area contributed by atoms with Crippen molar-refractivity contribution in [2.24, 2.45) is 5.41 Å². The number of aliphatic hydroxyl groups excluding tert-OH is 1. The van der Waals surface area contributed by atoms with Crippen molar-refractivity contribution in [3.05, 3.63) is 24.8 Å². The maximum absolute atomic E-state index is 9.06. The van der Waals surface area contributed by atoms with Crippen molar-refractivity contribution in [2.75, 3.05) is 6.61 Å². The van der Waals surface area contributed by atoms with Gasteiger partial charge < -0.3 is 5.11 Å². The summed E-state index contributed by atoms with van der Waals surface area (Å²) in [5.74, 6) is 0. The van der Waals surface area contributed by atoms with Gasteiger partial charge in [-0.05, 0) is 19.3 Å². The van der Waals surface area contributed by atoms with Crippen LogP contribution in [0.15, 0.2) is 24.8 Å². The Bertz CT molecular complexity index is 139. The van der Waals surface area contributed by atoms with Crippen LogP contribution in [0.4, 0.5) is 0 Å². The van der Waals surface area contributed by atoms with Gasteiger partial charge in [0, 0.05) is 12.0 Å². The van der Waals surface area contributed by atoms with Crippen LogP contribution in [0.2, 0.25) is 0 Å².